The van der Waals surface area contributed by atoms with Crippen LogP contribution in [0.15, 0.2) is 18.2 Å². The first-order valence-corrected chi connectivity index (χ1v) is 6.63. The van der Waals surface area contributed by atoms with Gasteiger partial charge in [0.2, 0.25) is 5.91 Å². The topological polar surface area (TPSA) is 32.3 Å². The minimum atomic E-state index is 0. The van der Waals surface area contributed by atoms with E-state index in [1.54, 1.807) is 4.90 Å². The molecule has 1 N–H and O–H groups in total. The molecule has 1 aromatic rings. The Morgan fingerprint density at radius 2 is 2.11 bits per heavy atom. The summed E-state index contributed by atoms with van der Waals surface area (Å²) in [5.41, 5.74) is 1.88. The maximum absolute atomic E-state index is 12.3. The summed E-state index contributed by atoms with van der Waals surface area (Å²) in [5.74, 6) is 0.665. The van der Waals surface area contributed by atoms with Gasteiger partial charge in [-0.1, -0.05) is 24.6 Å². The van der Waals surface area contributed by atoms with E-state index in [1.165, 1.54) is 0 Å². The van der Waals surface area contributed by atoms with Crippen molar-refractivity contribution < 1.29 is 4.79 Å². The zero-order valence-corrected chi connectivity index (χ0v) is 13.0. The average molecular weight is 303 g/mol. The highest BCUT2D eigenvalue weighted by atomic mass is 35.5. The van der Waals surface area contributed by atoms with E-state index in [0.29, 0.717) is 10.9 Å². The second-order valence-electron chi connectivity index (χ2n) is 5.04. The summed E-state index contributed by atoms with van der Waals surface area (Å²) >= 11 is 6.10. The molecule has 5 heteroatoms. The van der Waals surface area contributed by atoms with Crippen LogP contribution in [0.25, 0.3) is 0 Å². The van der Waals surface area contributed by atoms with Crippen molar-refractivity contribution in [3.05, 3.63) is 28.8 Å². The van der Waals surface area contributed by atoms with Crippen LogP contribution in [-0.4, -0.2) is 26.0 Å². The van der Waals surface area contributed by atoms with Crippen LogP contribution in [0.3, 0.4) is 0 Å². The number of amides is 1. The van der Waals surface area contributed by atoms with Crippen LogP contribution in [-0.2, 0) is 4.79 Å². The van der Waals surface area contributed by atoms with Crippen molar-refractivity contribution in [3.63, 3.8) is 0 Å². The van der Waals surface area contributed by atoms with E-state index < -0.39 is 0 Å². The predicted molar refractivity (Wildman–Crippen MR) is 82.4 cm³/mol. The highest BCUT2D eigenvalue weighted by Gasteiger charge is 2.30. The first-order valence-electron chi connectivity index (χ1n) is 6.25. The van der Waals surface area contributed by atoms with Crippen molar-refractivity contribution >= 4 is 35.6 Å². The van der Waals surface area contributed by atoms with Gasteiger partial charge in [-0.15, -0.1) is 12.4 Å². The van der Waals surface area contributed by atoms with Crippen LogP contribution in [0.4, 0.5) is 5.69 Å². The number of rotatable bonds is 3. The van der Waals surface area contributed by atoms with E-state index >= 15 is 0 Å². The van der Waals surface area contributed by atoms with Gasteiger partial charge in [-0.3, -0.25) is 4.79 Å². The fourth-order valence-electron chi connectivity index (χ4n) is 2.09. The summed E-state index contributed by atoms with van der Waals surface area (Å²) in [5, 5.41) is 3.90. The summed E-state index contributed by atoms with van der Waals surface area (Å²) in [4.78, 5) is 14.0. The fourth-order valence-corrected chi connectivity index (χ4v) is 2.26. The van der Waals surface area contributed by atoms with Crippen molar-refractivity contribution in [2.75, 3.05) is 25.0 Å². The standard InChI is InChI=1S/C14H19ClN2O.ClH/c1-9-4-5-12(6-13(9)15)17(3)14(18)10(2)11-7-16-8-11;/h4-6,10-11,16H,7-8H2,1-3H3;1H. The van der Waals surface area contributed by atoms with Crippen molar-refractivity contribution in [3.8, 4) is 0 Å². The van der Waals surface area contributed by atoms with Gasteiger partial charge >= 0.3 is 0 Å². The number of nitrogens with one attached hydrogen (secondary N) is 1. The van der Waals surface area contributed by atoms with Gasteiger partial charge in [-0.2, -0.15) is 0 Å². The molecule has 3 nitrogen and oxygen atoms in total. The summed E-state index contributed by atoms with van der Waals surface area (Å²) in [6.07, 6.45) is 0. The first-order chi connectivity index (χ1) is 8.50. The zero-order valence-electron chi connectivity index (χ0n) is 11.4. The number of halogens is 2. The van der Waals surface area contributed by atoms with Gasteiger partial charge in [0.25, 0.3) is 0 Å². The predicted octanol–water partition coefficient (Wildman–Crippen LogP) is 2.89. The van der Waals surface area contributed by atoms with Crippen LogP contribution in [0, 0.1) is 18.8 Å². The Kier molecular flexibility index (Phi) is 5.65. The summed E-state index contributed by atoms with van der Waals surface area (Å²) < 4.78 is 0. The number of benzene rings is 1. The zero-order chi connectivity index (χ0) is 13.3. The van der Waals surface area contributed by atoms with E-state index in [-0.39, 0.29) is 24.2 Å². The van der Waals surface area contributed by atoms with E-state index in [9.17, 15) is 4.79 Å². The van der Waals surface area contributed by atoms with Crippen LogP contribution in [0.5, 0.6) is 0 Å². The van der Waals surface area contributed by atoms with Gasteiger partial charge in [-0.25, -0.2) is 0 Å². The van der Waals surface area contributed by atoms with E-state index in [2.05, 4.69) is 5.32 Å². The Morgan fingerprint density at radius 3 is 2.58 bits per heavy atom. The molecule has 0 saturated carbocycles. The Morgan fingerprint density at radius 1 is 1.47 bits per heavy atom. The van der Waals surface area contributed by atoms with Gasteiger partial charge in [0, 0.05) is 23.7 Å². The summed E-state index contributed by atoms with van der Waals surface area (Å²) in [7, 11) is 1.81. The van der Waals surface area contributed by atoms with Crippen LogP contribution in [0.1, 0.15) is 12.5 Å². The third kappa shape index (κ3) is 3.41. The largest absolute Gasteiger partial charge is 0.316 e. The van der Waals surface area contributed by atoms with Gasteiger partial charge in [0.15, 0.2) is 0 Å². The van der Waals surface area contributed by atoms with Crippen molar-refractivity contribution in [2.24, 2.45) is 11.8 Å². The molecule has 0 aromatic heterocycles. The van der Waals surface area contributed by atoms with Gasteiger partial charge in [0.05, 0.1) is 0 Å². The lowest BCUT2D eigenvalue weighted by Crippen LogP contribution is -2.50. The Labute approximate surface area is 125 Å². The van der Waals surface area contributed by atoms with Gasteiger partial charge < -0.3 is 10.2 Å². The van der Waals surface area contributed by atoms with Crippen LogP contribution < -0.4 is 10.2 Å². The number of anilines is 1. The molecule has 2 rings (SSSR count). The number of nitrogens with zero attached hydrogens (tertiary/aromatic N) is 1. The fraction of sp³-hybridized carbons (Fsp3) is 0.500. The molecule has 106 valence electrons. The molecule has 0 aliphatic carbocycles. The maximum atomic E-state index is 12.3. The molecule has 1 aliphatic heterocycles. The molecule has 1 atom stereocenters. The molecule has 0 radical (unpaired) electrons. The minimum absolute atomic E-state index is 0. The van der Waals surface area contributed by atoms with Gasteiger partial charge in [-0.05, 0) is 43.6 Å². The third-order valence-electron chi connectivity index (χ3n) is 3.78. The summed E-state index contributed by atoms with van der Waals surface area (Å²) in [6, 6.07) is 5.72. The highest BCUT2D eigenvalue weighted by Crippen LogP contribution is 2.25. The Bertz CT molecular complexity index is 461. The second-order valence-corrected chi connectivity index (χ2v) is 5.44. The Balaban J connectivity index is 0.00000180. The quantitative estimate of drug-likeness (QED) is 0.931. The monoisotopic (exact) mass is 302 g/mol. The normalized spacial score (nSPS) is 16.2. The number of aryl methyl sites for hydroxylation is 1. The van der Waals surface area contributed by atoms with E-state index in [1.807, 2.05) is 39.1 Å². The Hall–Kier alpha value is -0.770. The van der Waals surface area contributed by atoms with Crippen molar-refractivity contribution in [1.29, 1.82) is 0 Å². The molecular formula is C14H20Cl2N2O. The number of hydrogen-bond acceptors (Lipinski definition) is 2. The molecule has 1 unspecified atom stereocenters. The third-order valence-corrected chi connectivity index (χ3v) is 4.19. The lowest BCUT2D eigenvalue weighted by Gasteiger charge is -2.34. The highest BCUT2D eigenvalue weighted by molar-refractivity contribution is 6.31. The molecule has 1 amide bonds. The minimum Gasteiger partial charge on any atom is -0.316 e. The molecule has 0 spiro atoms. The molecular weight excluding hydrogens is 283 g/mol. The molecule has 19 heavy (non-hydrogen) atoms. The van der Waals surface area contributed by atoms with Gasteiger partial charge in [0.1, 0.15) is 0 Å². The van der Waals surface area contributed by atoms with E-state index in [4.69, 9.17) is 11.6 Å². The first kappa shape index (κ1) is 16.3. The van der Waals surface area contributed by atoms with Crippen LogP contribution in [0.2, 0.25) is 5.02 Å². The second kappa shape index (κ2) is 6.60. The molecule has 1 heterocycles. The lowest BCUT2D eigenvalue weighted by atomic mass is 9.88. The molecule has 1 saturated heterocycles. The number of carbonyl (C=O) groups is 1. The molecule has 1 aromatic carbocycles. The number of carbonyl (C=O) groups excluding carboxylic acids is 1. The van der Waals surface area contributed by atoms with Crippen molar-refractivity contribution in [2.45, 2.75) is 13.8 Å². The van der Waals surface area contributed by atoms with Crippen molar-refractivity contribution in [1.82, 2.24) is 5.32 Å². The van der Waals surface area contributed by atoms with Crippen LogP contribution >= 0.6 is 24.0 Å². The lowest BCUT2D eigenvalue weighted by molar-refractivity contribution is -0.123. The number of hydrogen-bond donors (Lipinski definition) is 1. The average Bonchev–Trinajstić information content (AvgIpc) is 2.28. The molecule has 1 fully saturated rings. The smallest absolute Gasteiger partial charge is 0.229 e. The maximum Gasteiger partial charge on any atom is 0.229 e. The molecule has 1 aliphatic rings. The summed E-state index contributed by atoms with van der Waals surface area (Å²) in [6.45, 7) is 5.83. The molecule has 0 bridgehead atoms. The SMILES string of the molecule is Cc1ccc(N(C)C(=O)C(C)C2CNC2)cc1Cl.Cl. The van der Waals surface area contributed by atoms with E-state index in [0.717, 1.165) is 24.3 Å².